The molecule has 1 amide bonds. The molecule has 1 aliphatic heterocycles. The van der Waals surface area contributed by atoms with E-state index in [0.29, 0.717) is 0 Å². The van der Waals surface area contributed by atoms with Crippen LogP contribution in [0.2, 0.25) is 0 Å². The molecule has 0 saturated carbocycles. The van der Waals surface area contributed by atoms with E-state index in [1.807, 2.05) is 4.72 Å². The second-order valence-electron chi connectivity index (χ2n) is 7.38. The molecule has 1 N–H and O–H groups in total. The van der Waals surface area contributed by atoms with E-state index in [0.717, 1.165) is 18.2 Å². The van der Waals surface area contributed by atoms with E-state index in [9.17, 15) is 36.4 Å². The van der Waals surface area contributed by atoms with Gasteiger partial charge in [-0.2, -0.15) is 5.26 Å². The number of alkyl halides is 2. The molecule has 34 heavy (non-hydrogen) atoms. The number of aromatic nitrogens is 1. The van der Waals surface area contributed by atoms with Crippen LogP contribution in [0.15, 0.2) is 30.3 Å². The largest absolute Gasteiger partial charge is 0.462 e. The van der Waals surface area contributed by atoms with Crippen LogP contribution in [0.5, 0.6) is 0 Å². The van der Waals surface area contributed by atoms with Crippen molar-refractivity contribution < 1.29 is 35.9 Å². The quantitative estimate of drug-likeness (QED) is 0.551. The lowest BCUT2D eigenvalue weighted by molar-refractivity contribution is -0.123. The van der Waals surface area contributed by atoms with Gasteiger partial charge in [0.2, 0.25) is 15.9 Å². The lowest BCUT2D eigenvalue weighted by Crippen LogP contribution is -2.55. The number of carbonyl (C=O) groups excluding carboxylic acids is 2. The molecule has 13 heteroatoms. The number of hydrogen-bond donors (Lipinski definition) is 1. The first kappa shape index (κ1) is 25.0. The Labute approximate surface area is 193 Å². The molecule has 0 unspecified atom stereocenters. The summed E-state index contributed by atoms with van der Waals surface area (Å²) in [6, 6.07) is 7.49. The van der Waals surface area contributed by atoms with Gasteiger partial charge >= 0.3 is 5.97 Å². The Morgan fingerprint density at radius 1 is 1.29 bits per heavy atom. The molecule has 2 aromatic rings. The summed E-state index contributed by atoms with van der Waals surface area (Å²) in [6.45, 7) is 1.28. The lowest BCUT2D eigenvalue weighted by atomic mass is 9.98. The van der Waals surface area contributed by atoms with E-state index in [1.54, 1.807) is 6.07 Å². The maximum Gasteiger partial charge on any atom is 0.340 e. The Hall–Kier alpha value is -3.66. The van der Waals surface area contributed by atoms with Crippen LogP contribution in [0.4, 0.5) is 19.0 Å². The summed E-state index contributed by atoms with van der Waals surface area (Å²) in [7, 11) is -4.06. The van der Waals surface area contributed by atoms with Crippen LogP contribution in [0, 0.1) is 23.1 Å². The highest BCUT2D eigenvalue weighted by Crippen LogP contribution is 2.31. The van der Waals surface area contributed by atoms with E-state index in [2.05, 4.69) is 4.98 Å². The Morgan fingerprint density at radius 3 is 2.50 bits per heavy atom. The Kier molecular flexibility index (Phi) is 7.41. The maximum atomic E-state index is 13.5. The summed E-state index contributed by atoms with van der Waals surface area (Å²) >= 11 is 0. The van der Waals surface area contributed by atoms with Gasteiger partial charge in [-0.1, -0.05) is 12.1 Å². The summed E-state index contributed by atoms with van der Waals surface area (Å²) in [4.78, 5) is 29.5. The van der Waals surface area contributed by atoms with Crippen LogP contribution >= 0.6 is 0 Å². The van der Waals surface area contributed by atoms with Gasteiger partial charge in [-0.25, -0.2) is 31.4 Å². The molecule has 1 aromatic heterocycles. The predicted octanol–water partition coefficient (Wildman–Crippen LogP) is 2.29. The number of sulfonamides is 1. The van der Waals surface area contributed by atoms with E-state index in [-0.39, 0.29) is 36.6 Å². The number of nitriles is 1. The van der Waals surface area contributed by atoms with Crippen molar-refractivity contribution in [2.24, 2.45) is 5.92 Å². The van der Waals surface area contributed by atoms with Crippen LogP contribution < -0.4 is 9.62 Å². The molecular formula is C21H19F3N4O5S. The second-order valence-corrected chi connectivity index (χ2v) is 9.10. The van der Waals surface area contributed by atoms with Gasteiger partial charge < -0.3 is 9.64 Å². The maximum absolute atomic E-state index is 13.5. The van der Waals surface area contributed by atoms with Crippen molar-refractivity contribution in [3.05, 3.63) is 58.5 Å². The molecule has 1 saturated heterocycles. The number of nitrogens with zero attached hydrogens (tertiary/aromatic N) is 3. The van der Waals surface area contributed by atoms with Crippen molar-refractivity contribution in [3.8, 4) is 6.07 Å². The molecule has 0 aliphatic carbocycles. The van der Waals surface area contributed by atoms with Gasteiger partial charge in [0, 0.05) is 13.1 Å². The fourth-order valence-corrected chi connectivity index (χ4v) is 4.45. The number of amides is 1. The van der Waals surface area contributed by atoms with Gasteiger partial charge in [0.1, 0.15) is 23.4 Å². The number of carbonyl (C=O) groups is 2. The Bertz CT molecular complexity index is 1240. The average Bonchev–Trinajstić information content (AvgIpc) is 2.73. The van der Waals surface area contributed by atoms with Gasteiger partial charge in [-0.05, 0) is 30.7 Å². The molecule has 0 atom stereocenters. The molecule has 1 aliphatic rings. The van der Waals surface area contributed by atoms with Crippen LogP contribution in [-0.2, 0) is 25.3 Å². The number of hydrogen-bond acceptors (Lipinski definition) is 8. The van der Waals surface area contributed by atoms with Gasteiger partial charge in [0.15, 0.2) is 0 Å². The zero-order valence-corrected chi connectivity index (χ0v) is 18.6. The number of rotatable bonds is 8. The van der Waals surface area contributed by atoms with Crippen molar-refractivity contribution in [1.82, 2.24) is 9.71 Å². The number of ether oxygens (including phenoxy) is 1. The van der Waals surface area contributed by atoms with Crippen LogP contribution in [0.3, 0.4) is 0 Å². The third-order valence-corrected chi connectivity index (χ3v) is 6.16. The molecule has 9 nitrogen and oxygen atoms in total. The third-order valence-electron chi connectivity index (χ3n) is 4.93. The van der Waals surface area contributed by atoms with Crippen molar-refractivity contribution in [3.63, 3.8) is 0 Å². The average molecular weight is 496 g/mol. The van der Waals surface area contributed by atoms with Crippen molar-refractivity contribution in [1.29, 1.82) is 5.26 Å². The van der Waals surface area contributed by atoms with Gasteiger partial charge in [-0.15, -0.1) is 0 Å². The first-order chi connectivity index (χ1) is 16.0. The number of nitrogens with one attached hydrogen (secondary N) is 1. The van der Waals surface area contributed by atoms with Crippen LogP contribution in [0.1, 0.15) is 40.5 Å². The predicted molar refractivity (Wildman–Crippen MR) is 113 cm³/mol. The summed E-state index contributed by atoms with van der Waals surface area (Å²) in [5, 5.41) is 9.40. The van der Waals surface area contributed by atoms with Gasteiger partial charge in [0.25, 0.3) is 6.43 Å². The zero-order valence-electron chi connectivity index (χ0n) is 17.8. The van der Waals surface area contributed by atoms with Crippen molar-refractivity contribution in [2.75, 3.05) is 24.6 Å². The molecule has 0 radical (unpaired) electrons. The first-order valence-electron chi connectivity index (χ1n) is 9.98. The molecule has 1 aromatic carbocycles. The van der Waals surface area contributed by atoms with Gasteiger partial charge in [-0.3, -0.25) is 9.52 Å². The number of anilines is 1. The fraction of sp³-hybridized carbons (Fsp3) is 0.333. The molecule has 0 bridgehead atoms. The topological polar surface area (TPSA) is 129 Å². The fourth-order valence-electron chi connectivity index (χ4n) is 3.27. The standard InChI is InChI=1S/C21H19F3N4O5S/c1-2-33-21(30)16-7-13(8-25)19(26-17(16)18(23)24)28-9-14(10-28)20(29)27-34(31,32)11-12-3-5-15(22)6-4-12/h3-7,14,18H,2,9-11H2,1H3,(H,27,29). The second kappa shape index (κ2) is 10.1. The number of pyridine rings is 1. The zero-order chi connectivity index (χ0) is 25.0. The molecule has 2 heterocycles. The van der Waals surface area contributed by atoms with E-state index >= 15 is 0 Å². The van der Waals surface area contributed by atoms with E-state index in [4.69, 9.17) is 4.74 Å². The normalized spacial score (nSPS) is 13.8. The summed E-state index contributed by atoms with van der Waals surface area (Å²) < 4.78 is 71.1. The monoisotopic (exact) mass is 496 g/mol. The van der Waals surface area contributed by atoms with Gasteiger partial charge in [0.05, 0.1) is 29.4 Å². The third kappa shape index (κ3) is 5.63. The first-order valence-corrected chi connectivity index (χ1v) is 11.6. The number of esters is 1. The minimum atomic E-state index is -4.06. The smallest absolute Gasteiger partial charge is 0.340 e. The highest BCUT2D eigenvalue weighted by Gasteiger charge is 2.37. The highest BCUT2D eigenvalue weighted by molar-refractivity contribution is 7.89. The Balaban J connectivity index is 1.71. The molecule has 3 rings (SSSR count). The molecule has 180 valence electrons. The number of benzene rings is 1. The van der Waals surface area contributed by atoms with Crippen molar-refractivity contribution >= 4 is 27.7 Å². The van der Waals surface area contributed by atoms with E-state index in [1.165, 1.54) is 24.0 Å². The summed E-state index contributed by atoms with van der Waals surface area (Å²) in [5.74, 6) is -3.88. The summed E-state index contributed by atoms with van der Waals surface area (Å²) in [6.07, 6.45) is -3.12. The Morgan fingerprint density at radius 2 is 1.94 bits per heavy atom. The molecule has 0 spiro atoms. The lowest BCUT2D eigenvalue weighted by Gasteiger charge is -2.39. The highest BCUT2D eigenvalue weighted by atomic mass is 32.2. The number of halogens is 3. The minimum Gasteiger partial charge on any atom is -0.462 e. The summed E-state index contributed by atoms with van der Waals surface area (Å²) in [5.41, 5.74) is -1.28. The molecular weight excluding hydrogens is 477 g/mol. The van der Waals surface area contributed by atoms with Crippen LogP contribution in [-0.4, -0.2) is 45.0 Å². The van der Waals surface area contributed by atoms with Crippen LogP contribution in [0.25, 0.3) is 0 Å². The van der Waals surface area contributed by atoms with Crippen molar-refractivity contribution in [2.45, 2.75) is 19.1 Å². The van der Waals surface area contributed by atoms with E-state index < -0.39 is 57.1 Å². The molecule has 1 fully saturated rings. The minimum absolute atomic E-state index is 0.0574. The SMILES string of the molecule is CCOC(=O)c1cc(C#N)c(N2CC(C(=O)NS(=O)(=O)Cc3ccc(F)cc3)C2)nc1C(F)F.